The van der Waals surface area contributed by atoms with Crippen LogP contribution in [-0.4, -0.2) is 28.3 Å². The van der Waals surface area contributed by atoms with Crippen LogP contribution < -0.4 is 10.9 Å². The van der Waals surface area contributed by atoms with Gasteiger partial charge in [-0.25, -0.2) is 4.79 Å². The van der Waals surface area contributed by atoms with Crippen LogP contribution in [0.5, 0.6) is 0 Å². The second-order valence-corrected chi connectivity index (χ2v) is 9.65. The molecule has 190 valence electrons. The normalized spacial score (nSPS) is 10.9. The van der Waals surface area contributed by atoms with Crippen LogP contribution in [0, 0.1) is 6.92 Å². The van der Waals surface area contributed by atoms with E-state index in [-0.39, 0.29) is 30.0 Å². The molecule has 0 atom stereocenters. The third kappa shape index (κ3) is 5.12. The van der Waals surface area contributed by atoms with E-state index < -0.39 is 11.5 Å². The van der Waals surface area contributed by atoms with E-state index in [0.29, 0.717) is 16.1 Å². The zero-order valence-corrected chi connectivity index (χ0v) is 21.7. The molecule has 0 bridgehead atoms. The van der Waals surface area contributed by atoms with Gasteiger partial charge in [0.15, 0.2) is 5.69 Å². The molecular weight excluding hydrogens is 498 g/mol. The molecule has 0 aliphatic heterocycles. The number of anilines is 1. The molecule has 1 N–H and O–H groups in total. The second-order valence-electron chi connectivity index (χ2n) is 8.77. The van der Waals surface area contributed by atoms with Crippen LogP contribution >= 0.6 is 11.3 Å². The van der Waals surface area contributed by atoms with Crippen LogP contribution in [-0.2, 0) is 16.0 Å². The van der Waals surface area contributed by atoms with E-state index in [4.69, 9.17) is 4.74 Å². The zero-order chi connectivity index (χ0) is 26.6. The summed E-state index contributed by atoms with van der Waals surface area (Å²) in [5.74, 6) is -0.898. The number of rotatable bonds is 7. The van der Waals surface area contributed by atoms with Gasteiger partial charge in [0.05, 0.1) is 24.1 Å². The molecule has 0 aliphatic rings. The van der Waals surface area contributed by atoms with Crippen molar-refractivity contribution in [2.45, 2.75) is 20.3 Å². The molecule has 1 amide bonds. The first-order chi connectivity index (χ1) is 18.4. The number of thiophene rings is 1. The average Bonchev–Trinajstić information content (AvgIpc) is 3.34. The van der Waals surface area contributed by atoms with Gasteiger partial charge in [-0.2, -0.15) is 9.78 Å². The maximum absolute atomic E-state index is 13.6. The van der Waals surface area contributed by atoms with Crippen molar-refractivity contribution in [2.24, 2.45) is 0 Å². The Hall–Kier alpha value is -4.56. The van der Waals surface area contributed by atoms with Gasteiger partial charge in [-0.1, -0.05) is 66.7 Å². The number of esters is 1. The first-order valence-electron chi connectivity index (χ1n) is 12.2. The molecular formula is C30H25N3O4S. The monoisotopic (exact) mass is 523 g/mol. The number of aromatic nitrogens is 2. The highest BCUT2D eigenvalue weighted by molar-refractivity contribution is 7.16. The van der Waals surface area contributed by atoms with Crippen LogP contribution in [0.25, 0.3) is 27.6 Å². The molecule has 2 aromatic heterocycles. The van der Waals surface area contributed by atoms with E-state index in [1.54, 1.807) is 24.4 Å². The lowest BCUT2D eigenvalue weighted by atomic mass is 10.0. The van der Waals surface area contributed by atoms with Crippen molar-refractivity contribution in [3.63, 3.8) is 0 Å². The maximum atomic E-state index is 13.6. The second kappa shape index (κ2) is 10.8. The van der Waals surface area contributed by atoms with Crippen molar-refractivity contribution in [3.05, 3.63) is 111 Å². The van der Waals surface area contributed by atoms with Crippen LogP contribution in [0.2, 0.25) is 0 Å². The van der Waals surface area contributed by atoms with E-state index in [1.807, 2.05) is 73.7 Å². The molecule has 0 unspecified atom stereocenters. The number of hydrogen-bond donors (Lipinski definition) is 1. The van der Waals surface area contributed by atoms with Gasteiger partial charge in [0.2, 0.25) is 5.91 Å². The SMILES string of the molecule is CCOC(=O)c1nn(-c2cccc(C)c2)c(=O)c2c(NC(=O)Cc3ccc(-c4ccccc4)cc3)scc12. The largest absolute Gasteiger partial charge is 0.461 e. The topological polar surface area (TPSA) is 90.3 Å². The predicted octanol–water partition coefficient (Wildman–Crippen LogP) is 5.78. The molecule has 3 aromatic carbocycles. The van der Waals surface area contributed by atoms with Crippen LogP contribution in [0.15, 0.2) is 89.0 Å². The minimum absolute atomic E-state index is 0.0243. The number of fused-ring (bicyclic) bond motifs is 1. The molecule has 38 heavy (non-hydrogen) atoms. The number of benzene rings is 3. The Bertz CT molecular complexity index is 1690. The number of hydrogen-bond acceptors (Lipinski definition) is 6. The van der Waals surface area contributed by atoms with Crippen LogP contribution in [0.3, 0.4) is 0 Å². The summed E-state index contributed by atoms with van der Waals surface area (Å²) in [5.41, 5.74) is 4.06. The summed E-state index contributed by atoms with van der Waals surface area (Å²) < 4.78 is 6.39. The van der Waals surface area contributed by atoms with Gasteiger partial charge >= 0.3 is 5.97 Å². The number of nitrogens with zero attached hydrogens (tertiary/aromatic N) is 2. The summed E-state index contributed by atoms with van der Waals surface area (Å²) in [6.45, 7) is 3.78. The number of aryl methyl sites for hydroxylation is 1. The van der Waals surface area contributed by atoms with Gasteiger partial charge in [-0.05, 0) is 48.2 Å². The first kappa shape index (κ1) is 25.1. The van der Waals surface area contributed by atoms with Gasteiger partial charge < -0.3 is 10.1 Å². The molecule has 0 saturated carbocycles. The summed E-state index contributed by atoms with van der Waals surface area (Å²) in [6.07, 6.45) is 0.135. The summed E-state index contributed by atoms with van der Waals surface area (Å²) in [6, 6.07) is 25.1. The third-order valence-electron chi connectivity index (χ3n) is 6.05. The van der Waals surface area contributed by atoms with Gasteiger partial charge in [0, 0.05) is 10.8 Å². The number of amides is 1. The summed E-state index contributed by atoms with van der Waals surface area (Å²) in [5, 5.41) is 9.82. The molecule has 5 aromatic rings. The Kier molecular flexibility index (Phi) is 7.15. The maximum Gasteiger partial charge on any atom is 0.359 e. The lowest BCUT2D eigenvalue weighted by Gasteiger charge is -2.10. The fraction of sp³-hybridized carbons (Fsp3) is 0.133. The van der Waals surface area contributed by atoms with E-state index in [9.17, 15) is 14.4 Å². The molecule has 7 nitrogen and oxygen atoms in total. The van der Waals surface area contributed by atoms with Crippen molar-refractivity contribution in [1.29, 1.82) is 0 Å². The molecule has 0 aliphatic carbocycles. The smallest absolute Gasteiger partial charge is 0.359 e. The number of ether oxygens (including phenoxy) is 1. The molecule has 0 spiro atoms. The van der Waals surface area contributed by atoms with Gasteiger partial charge in [0.25, 0.3) is 5.56 Å². The van der Waals surface area contributed by atoms with E-state index in [0.717, 1.165) is 22.3 Å². The molecule has 2 heterocycles. The Balaban J connectivity index is 1.47. The lowest BCUT2D eigenvalue weighted by molar-refractivity contribution is -0.115. The van der Waals surface area contributed by atoms with E-state index in [1.165, 1.54) is 16.0 Å². The average molecular weight is 524 g/mol. The van der Waals surface area contributed by atoms with Crippen molar-refractivity contribution in [3.8, 4) is 16.8 Å². The fourth-order valence-electron chi connectivity index (χ4n) is 4.23. The molecule has 0 radical (unpaired) electrons. The summed E-state index contributed by atoms with van der Waals surface area (Å²) >= 11 is 1.18. The lowest BCUT2D eigenvalue weighted by Crippen LogP contribution is -2.25. The van der Waals surface area contributed by atoms with Gasteiger partial charge in [-0.15, -0.1) is 11.3 Å². The molecule has 5 rings (SSSR count). The third-order valence-corrected chi connectivity index (χ3v) is 6.94. The summed E-state index contributed by atoms with van der Waals surface area (Å²) in [7, 11) is 0. The number of carbonyl (C=O) groups is 2. The van der Waals surface area contributed by atoms with E-state index >= 15 is 0 Å². The first-order valence-corrected chi connectivity index (χ1v) is 13.1. The minimum Gasteiger partial charge on any atom is -0.461 e. The minimum atomic E-state index is -0.631. The highest BCUT2D eigenvalue weighted by Gasteiger charge is 2.23. The predicted molar refractivity (Wildman–Crippen MR) is 150 cm³/mol. The van der Waals surface area contributed by atoms with Gasteiger partial charge in [-0.3, -0.25) is 9.59 Å². The van der Waals surface area contributed by atoms with E-state index in [2.05, 4.69) is 10.4 Å². The molecule has 0 fully saturated rings. The highest BCUT2D eigenvalue weighted by atomic mass is 32.1. The van der Waals surface area contributed by atoms with Gasteiger partial charge in [0.1, 0.15) is 5.00 Å². The van der Waals surface area contributed by atoms with Crippen molar-refractivity contribution in [2.75, 3.05) is 11.9 Å². The van der Waals surface area contributed by atoms with Crippen molar-refractivity contribution < 1.29 is 14.3 Å². The highest BCUT2D eigenvalue weighted by Crippen LogP contribution is 2.31. The van der Waals surface area contributed by atoms with Crippen LogP contribution in [0.1, 0.15) is 28.5 Å². The Morgan fingerprint density at radius 1 is 0.974 bits per heavy atom. The Morgan fingerprint density at radius 3 is 2.42 bits per heavy atom. The molecule has 8 heteroatoms. The van der Waals surface area contributed by atoms with Crippen molar-refractivity contribution >= 4 is 39.0 Å². The standard InChI is InChI=1S/C30H25N3O4S/c1-3-37-30(36)27-24-18-38-28(26(24)29(35)33(32-27)23-11-7-8-19(2)16-23)31-25(34)17-20-12-14-22(15-13-20)21-9-5-4-6-10-21/h4-16,18H,3,17H2,1-2H3,(H,31,34). The fourth-order valence-corrected chi connectivity index (χ4v) is 5.18. The Labute approximate surface area is 223 Å². The zero-order valence-electron chi connectivity index (χ0n) is 20.9. The number of carbonyl (C=O) groups excluding carboxylic acids is 2. The Morgan fingerprint density at radius 2 is 1.71 bits per heavy atom. The van der Waals surface area contributed by atoms with Crippen LogP contribution in [0.4, 0.5) is 5.00 Å². The number of nitrogens with one attached hydrogen (secondary N) is 1. The molecule has 0 saturated heterocycles. The van der Waals surface area contributed by atoms with Crippen molar-refractivity contribution in [1.82, 2.24) is 9.78 Å². The quantitative estimate of drug-likeness (QED) is 0.273. The summed E-state index contributed by atoms with van der Waals surface area (Å²) in [4.78, 5) is 39.3.